The topological polar surface area (TPSA) is 50.9 Å². The van der Waals surface area contributed by atoms with E-state index in [1.807, 2.05) is 0 Å². The lowest BCUT2D eigenvalue weighted by Crippen LogP contribution is -2.02. The van der Waals surface area contributed by atoms with Crippen LogP contribution in [-0.2, 0) is 6.54 Å². The Morgan fingerprint density at radius 1 is 1.50 bits per heavy atom. The highest BCUT2D eigenvalue weighted by atomic mass is 79.9. The molecule has 0 aliphatic rings. The van der Waals surface area contributed by atoms with E-state index in [0.717, 1.165) is 4.88 Å². The van der Waals surface area contributed by atoms with E-state index in [0.29, 0.717) is 22.4 Å². The number of benzene rings is 1. The fourth-order valence-corrected chi connectivity index (χ4v) is 2.10. The number of nitrogens with one attached hydrogen (secondary N) is 1. The maximum Gasteiger partial charge on any atom is 0.139 e. The fourth-order valence-electron chi connectivity index (χ4n) is 1.23. The smallest absolute Gasteiger partial charge is 0.139 e. The second-order valence-electron chi connectivity index (χ2n) is 3.17. The summed E-state index contributed by atoms with van der Waals surface area (Å²) in [6.07, 6.45) is 1.78. The van der Waals surface area contributed by atoms with Crippen molar-refractivity contribution < 1.29 is 4.39 Å². The van der Waals surface area contributed by atoms with Gasteiger partial charge in [0.1, 0.15) is 5.82 Å². The minimum atomic E-state index is -0.360. The van der Waals surface area contributed by atoms with E-state index in [9.17, 15) is 4.39 Å². The summed E-state index contributed by atoms with van der Waals surface area (Å²) in [5, 5.41) is 3.13. The molecule has 0 fully saturated rings. The van der Waals surface area contributed by atoms with Gasteiger partial charge in [-0.15, -0.1) is 11.3 Å². The third kappa shape index (κ3) is 2.51. The van der Waals surface area contributed by atoms with Crippen molar-refractivity contribution in [2.45, 2.75) is 6.54 Å². The zero-order chi connectivity index (χ0) is 11.5. The first-order valence-electron chi connectivity index (χ1n) is 4.52. The fraction of sp³-hybridized carbons (Fsp3) is 0.100. The first-order valence-corrected chi connectivity index (χ1v) is 6.20. The highest BCUT2D eigenvalue weighted by Gasteiger charge is 2.05. The van der Waals surface area contributed by atoms with Crippen LogP contribution in [0.5, 0.6) is 0 Å². The van der Waals surface area contributed by atoms with Crippen LogP contribution in [0.1, 0.15) is 4.88 Å². The Morgan fingerprint density at radius 3 is 3.00 bits per heavy atom. The number of hydrogen-bond donors (Lipinski definition) is 2. The molecule has 84 valence electrons. The molecule has 1 aromatic heterocycles. The van der Waals surface area contributed by atoms with Crippen molar-refractivity contribution in [1.82, 2.24) is 4.98 Å². The van der Waals surface area contributed by atoms with Crippen LogP contribution in [0.3, 0.4) is 0 Å². The molecule has 0 saturated carbocycles. The Kier molecular flexibility index (Phi) is 3.40. The minimum absolute atomic E-state index is 0.360. The number of halogens is 2. The molecule has 0 saturated heterocycles. The zero-order valence-electron chi connectivity index (χ0n) is 8.21. The van der Waals surface area contributed by atoms with Crippen LogP contribution < -0.4 is 11.1 Å². The molecule has 2 aromatic rings. The number of hydrogen-bond acceptors (Lipinski definition) is 4. The summed E-state index contributed by atoms with van der Waals surface area (Å²) in [4.78, 5) is 5.06. The highest BCUT2D eigenvalue weighted by molar-refractivity contribution is 9.10. The van der Waals surface area contributed by atoms with Crippen LogP contribution in [-0.4, -0.2) is 4.98 Å². The van der Waals surface area contributed by atoms with E-state index >= 15 is 0 Å². The molecule has 1 heterocycles. The lowest BCUT2D eigenvalue weighted by molar-refractivity contribution is 0.622. The third-order valence-corrected chi connectivity index (χ3v) is 3.42. The van der Waals surface area contributed by atoms with Gasteiger partial charge in [0.2, 0.25) is 0 Å². The van der Waals surface area contributed by atoms with Crippen LogP contribution in [0.2, 0.25) is 0 Å². The van der Waals surface area contributed by atoms with E-state index in [1.165, 1.54) is 6.07 Å². The number of nitrogens with zero attached hydrogens (tertiary/aromatic N) is 1. The molecule has 2 rings (SSSR count). The number of nitrogens with two attached hydrogens (primary N) is 1. The van der Waals surface area contributed by atoms with Crippen molar-refractivity contribution in [3.05, 3.63) is 39.0 Å². The van der Waals surface area contributed by atoms with Gasteiger partial charge in [-0.3, -0.25) is 4.98 Å². The van der Waals surface area contributed by atoms with Gasteiger partial charge in [-0.1, -0.05) is 0 Å². The molecule has 0 aliphatic heterocycles. The number of rotatable bonds is 3. The van der Waals surface area contributed by atoms with Crippen molar-refractivity contribution in [3.63, 3.8) is 0 Å². The molecular formula is C10H9BrFN3S. The quantitative estimate of drug-likeness (QED) is 0.856. The Morgan fingerprint density at radius 2 is 2.31 bits per heavy atom. The number of nitrogen functional groups attached to an aromatic ring is 1. The van der Waals surface area contributed by atoms with Gasteiger partial charge in [0.25, 0.3) is 0 Å². The average Bonchev–Trinajstić information content (AvgIpc) is 2.74. The summed E-state index contributed by atoms with van der Waals surface area (Å²) in [6, 6.07) is 2.92. The predicted molar refractivity (Wildman–Crippen MR) is 68.0 cm³/mol. The SMILES string of the molecule is Nc1cc(F)c(Br)cc1NCc1cncs1. The average molecular weight is 302 g/mol. The van der Waals surface area contributed by atoms with Gasteiger partial charge in [-0.05, 0) is 22.0 Å². The minimum Gasteiger partial charge on any atom is -0.397 e. The van der Waals surface area contributed by atoms with E-state index < -0.39 is 0 Å². The van der Waals surface area contributed by atoms with Crippen molar-refractivity contribution in [3.8, 4) is 0 Å². The van der Waals surface area contributed by atoms with Gasteiger partial charge in [-0.25, -0.2) is 4.39 Å². The van der Waals surface area contributed by atoms with Gasteiger partial charge in [0, 0.05) is 17.1 Å². The second-order valence-corrected chi connectivity index (χ2v) is 5.00. The van der Waals surface area contributed by atoms with Gasteiger partial charge in [0.15, 0.2) is 0 Å². The highest BCUT2D eigenvalue weighted by Crippen LogP contribution is 2.27. The largest absolute Gasteiger partial charge is 0.397 e. The number of thiazole rings is 1. The second kappa shape index (κ2) is 4.80. The summed E-state index contributed by atoms with van der Waals surface area (Å²) in [5.41, 5.74) is 8.56. The number of anilines is 2. The maximum absolute atomic E-state index is 13.1. The van der Waals surface area contributed by atoms with Crippen molar-refractivity contribution >= 4 is 38.6 Å². The Labute approximate surface area is 105 Å². The van der Waals surface area contributed by atoms with Crippen LogP contribution in [0.4, 0.5) is 15.8 Å². The number of aromatic nitrogens is 1. The predicted octanol–water partition coefficient (Wildman–Crippen LogP) is 3.24. The summed E-state index contributed by atoms with van der Waals surface area (Å²) in [7, 11) is 0. The molecule has 0 spiro atoms. The van der Waals surface area contributed by atoms with Gasteiger partial charge >= 0.3 is 0 Å². The van der Waals surface area contributed by atoms with Crippen LogP contribution >= 0.6 is 27.3 Å². The Hall–Kier alpha value is -1.14. The third-order valence-electron chi connectivity index (χ3n) is 2.03. The molecule has 0 atom stereocenters. The Balaban J connectivity index is 2.12. The van der Waals surface area contributed by atoms with E-state index in [-0.39, 0.29) is 5.82 Å². The molecule has 0 unspecified atom stereocenters. The summed E-state index contributed by atoms with van der Waals surface area (Å²) >= 11 is 4.67. The summed E-state index contributed by atoms with van der Waals surface area (Å²) in [5.74, 6) is -0.360. The van der Waals surface area contributed by atoms with Gasteiger partial charge in [-0.2, -0.15) is 0 Å². The molecule has 0 radical (unpaired) electrons. The first-order chi connectivity index (χ1) is 7.66. The van der Waals surface area contributed by atoms with Crippen molar-refractivity contribution in [1.29, 1.82) is 0 Å². The molecule has 3 nitrogen and oxygen atoms in total. The van der Waals surface area contributed by atoms with Crippen LogP contribution in [0, 0.1) is 5.82 Å². The molecule has 1 aromatic carbocycles. The van der Waals surface area contributed by atoms with Gasteiger partial charge in [0.05, 0.1) is 27.9 Å². The standard InChI is InChI=1S/C10H9BrFN3S/c11-7-1-10(9(13)2-8(7)12)15-4-6-3-14-5-16-6/h1-3,5,15H,4,13H2. The normalized spacial score (nSPS) is 10.4. The van der Waals surface area contributed by atoms with E-state index in [4.69, 9.17) is 5.73 Å². The lowest BCUT2D eigenvalue weighted by Gasteiger charge is -2.09. The van der Waals surface area contributed by atoms with Gasteiger partial charge < -0.3 is 11.1 Å². The molecule has 0 bridgehead atoms. The molecule has 0 amide bonds. The van der Waals surface area contributed by atoms with Crippen LogP contribution in [0.25, 0.3) is 0 Å². The lowest BCUT2D eigenvalue weighted by atomic mass is 10.2. The maximum atomic E-state index is 13.1. The molecular weight excluding hydrogens is 293 g/mol. The molecule has 6 heteroatoms. The van der Waals surface area contributed by atoms with Crippen LogP contribution in [0.15, 0.2) is 28.3 Å². The first kappa shape index (κ1) is 11.3. The van der Waals surface area contributed by atoms with Crippen molar-refractivity contribution in [2.24, 2.45) is 0 Å². The molecule has 3 N–H and O–H groups in total. The summed E-state index contributed by atoms with van der Waals surface area (Å²) in [6.45, 7) is 0.632. The molecule has 16 heavy (non-hydrogen) atoms. The zero-order valence-corrected chi connectivity index (χ0v) is 10.6. The van der Waals surface area contributed by atoms with E-state index in [2.05, 4.69) is 26.2 Å². The summed E-state index contributed by atoms with van der Waals surface area (Å²) < 4.78 is 13.5. The monoisotopic (exact) mass is 301 g/mol. The van der Waals surface area contributed by atoms with E-state index in [1.54, 1.807) is 29.1 Å². The van der Waals surface area contributed by atoms with Crippen molar-refractivity contribution in [2.75, 3.05) is 11.1 Å². The Bertz CT molecular complexity index is 487. The molecule has 0 aliphatic carbocycles.